The highest BCUT2D eigenvalue weighted by atomic mass is 14.7. The van der Waals surface area contributed by atoms with Gasteiger partial charge in [0.15, 0.2) is 0 Å². The molecule has 4 fully saturated rings. The van der Waals surface area contributed by atoms with E-state index in [4.69, 9.17) is 0 Å². The largest absolute Gasteiger partial charge is 0.305 e. The van der Waals surface area contributed by atoms with E-state index in [1.807, 2.05) is 0 Å². The lowest BCUT2D eigenvalue weighted by Crippen LogP contribution is -2.55. The van der Waals surface area contributed by atoms with Crippen LogP contribution in [0.3, 0.4) is 0 Å². The number of hydrogen-bond acceptors (Lipinski definition) is 1. The van der Waals surface area contributed by atoms with Gasteiger partial charge in [-0.15, -0.1) is 0 Å². The molecule has 0 aromatic rings. The van der Waals surface area contributed by atoms with Gasteiger partial charge in [0.2, 0.25) is 0 Å². The molecule has 4 saturated carbocycles. The summed E-state index contributed by atoms with van der Waals surface area (Å²) in [6.07, 6.45) is 25.1. The maximum atomic E-state index is 9.30. The van der Waals surface area contributed by atoms with Crippen LogP contribution in [0.1, 0.15) is 130 Å². The first kappa shape index (κ1) is 22.2. The summed E-state index contributed by atoms with van der Waals surface area (Å²) >= 11 is 0. The lowest BCUT2D eigenvalue weighted by molar-refractivity contribution is -0.0603. The van der Waals surface area contributed by atoms with E-state index in [1.165, 1.54) is 103 Å². The van der Waals surface area contributed by atoms with Crippen LogP contribution in [0.4, 0.5) is 0 Å². The van der Waals surface area contributed by atoms with Crippen molar-refractivity contribution in [3.05, 3.63) is 11.6 Å². The fourth-order valence-corrected chi connectivity index (χ4v) is 9.96. The second kappa shape index (κ2) is 7.73. The minimum absolute atomic E-state index is 0.376. The van der Waals surface area contributed by atoms with E-state index in [2.05, 4.69) is 33.8 Å². The Morgan fingerprint density at radius 1 is 0.871 bits per heavy atom. The van der Waals surface area contributed by atoms with Gasteiger partial charge < -0.3 is 5.41 Å². The molecule has 5 aliphatic carbocycles. The van der Waals surface area contributed by atoms with E-state index in [1.54, 1.807) is 5.57 Å². The van der Waals surface area contributed by atoms with E-state index in [0.717, 1.165) is 17.5 Å². The molecule has 5 aliphatic rings. The molecule has 1 nitrogen and oxygen atoms in total. The van der Waals surface area contributed by atoms with Crippen molar-refractivity contribution in [3.8, 4) is 0 Å². The number of fused-ring (bicyclic) bond motifs is 6. The summed E-state index contributed by atoms with van der Waals surface area (Å²) in [5.41, 5.74) is 4.68. The van der Waals surface area contributed by atoms with Crippen molar-refractivity contribution >= 4 is 5.71 Å². The second-order valence-electron chi connectivity index (χ2n) is 13.6. The number of allylic oxidation sites excluding steroid dienone is 2. The zero-order valence-electron chi connectivity index (χ0n) is 21.1. The van der Waals surface area contributed by atoms with Crippen LogP contribution in [-0.2, 0) is 0 Å². The summed E-state index contributed by atoms with van der Waals surface area (Å²) < 4.78 is 0. The Balaban J connectivity index is 1.45. The van der Waals surface area contributed by atoms with Gasteiger partial charge in [-0.3, -0.25) is 0 Å². The molecule has 1 heteroatoms. The number of hydrogen-bond donors (Lipinski definition) is 1. The second-order valence-corrected chi connectivity index (χ2v) is 13.6. The molecular weight excluding hydrogens is 374 g/mol. The summed E-state index contributed by atoms with van der Waals surface area (Å²) in [6, 6.07) is 0. The van der Waals surface area contributed by atoms with Crippen LogP contribution in [0.2, 0.25) is 0 Å². The maximum Gasteiger partial charge on any atom is 0.0350 e. The first-order chi connectivity index (χ1) is 14.8. The molecule has 5 rings (SSSR count). The minimum Gasteiger partial charge on any atom is -0.305 e. The molecule has 0 amide bonds. The zero-order valence-corrected chi connectivity index (χ0v) is 21.1. The van der Waals surface area contributed by atoms with E-state index >= 15 is 0 Å². The van der Waals surface area contributed by atoms with Crippen molar-refractivity contribution in [1.29, 1.82) is 5.41 Å². The van der Waals surface area contributed by atoms with Gasteiger partial charge in [0.1, 0.15) is 0 Å². The van der Waals surface area contributed by atoms with Gasteiger partial charge in [-0.05, 0) is 104 Å². The van der Waals surface area contributed by atoms with Crippen LogP contribution >= 0.6 is 0 Å². The maximum absolute atomic E-state index is 9.30. The van der Waals surface area contributed by atoms with Crippen molar-refractivity contribution < 1.29 is 0 Å². The van der Waals surface area contributed by atoms with Gasteiger partial charge in [-0.25, -0.2) is 0 Å². The number of nitrogens with one attached hydrogen (secondary N) is 1. The van der Waals surface area contributed by atoms with Crippen molar-refractivity contribution in [2.75, 3.05) is 0 Å². The fourth-order valence-electron chi connectivity index (χ4n) is 9.96. The normalized spacial score (nSPS) is 46.6. The molecule has 6 atom stereocenters. The van der Waals surface area contributed by atoms with Crippen LogP contribution < -0.4 is 0 Å². The van der Waals surface area contributed by atoms with Crippen molar-refractivity contribution in [2.24, 2.45) is 39.4 Å². The van der Waals surface area contributed by atoms with E-state index in [-0.39, 0.29) is 0 Å². The minimum atomic E-state index is 0.376. The molecule has 6 unspecified atom stereocenters. The molecule has 0 aromatic carbocycles. The standard InChI is InChI=1S/C30H49N/c1-5-6-13-27(2)18-19-28(3)22(21-27)20-25(31)26-23(28)11-16-29(4)24(26)12-17-30(29)14-9-7-8-10-15-30/h20,23-24,26,31H,5-19,21H2,1-4H3. The average Bonchev–Trinajstić information content (AvgIpc) is 2.89. The Bertz CT molecular complexity index is 740. The van der Waals surface area contributed by atoms with Crippen LogP contribution in [0.15, 0.2) is 11.6 Å². The molecule has 0 saturated heterocycles. The molecule has 0 heterocycles. The predicted molar refractivity (Wildman–Crippen MR) is 133 cm³/mol. The van der Waals surface area contributed by atoms with Gasteiger partial charge in [0.25, 0.3) is 0 Å². The fraction of sp³-hybridized carbons (Fsp3) is 0.900. The number of rotatable bonds is 3. The summed E-state index contributed by atoms with van der Waals surface area (Å²) in [5, 5.41) is 9.30. The highest BCUT2D eigenvalue weighted by molar-refractivity contribution is 5.97. The molecule has 1 N–H and O–H groups in total. The lowest BCUT2D eigenvalue weighted by atomic mass is 9.43. The highest BCUT2D eigenvalue weighted by Gasteiger charge is 2.64. The van der Waals surface area contributed by atoms with Crippen LogP contribution in [-0.4, -0.2) is 5.71 Å². The SMILES string of the molecule is CCCCC1(C)CCC2(C)C(=CC(=N)C3C2CCC2(C)C3CCC23CCCCCC3)C1. The third-order valence-corrected chi connectivity index (χ3v) is 12.1. The zero-order chi connectivity index (χ0) is 21.9. The van der Waals surface area contributed by atoms with Crippen LogP contribution in [0.5, 0.6) is 0 Å². The molecular formula is C30H49N. The lowest BCUT2D eigenvalue weighted by Gasteiger charge is -2.61. The summed E-state index contributed by atoms with van der Waals surface area (Å²) in [6.45, 7) is 10.2. The molecule has 1 spiro atoms. The molecule has 31 heavy (non-hydrogen) atoms. The van der Waals surface area contributed by atoms with Crippen molar-refractivity contribution in [1.82, 2.24) is 0 Å². The van der Waals surface area contributed by atoms with Crippen LogP contribution in [0.25, 0.3) is 0 Å². The Labute approximate surface area is 192 Å². The van der Waals surface area contributed by atoms with Gasteiger partial charge >= 0.3 is 0 Å². The average molecular weight is 424 g/mol. The first-order valence-electron chi connectivity index (χ1n) is 14.1. The topological polar surface area (TPSA) is 23.9 Å². The van der Waals surface area contributed by atoms with Crippen molar-refractivity contribution in [3.63, 3.8) is 0 Å². The summed E-state index contributed by atoms with van der Waals surface area (Å²) in [4.78, 5) is 0. The quantitative estimate of drug-likeness (QED) is 0.468. The van der Waals surface area contributed by atoms with E-state index in [9.17, 15) is 5.41 Å². The van der Waals surface area contributed by atoms with Gasteiger partial charge in [-0.1, -0.05) is 71.8 Å². The molecule has 0 aromatic heterocycles. The summed E-state index contributed by atoms with van der Waals surface area (Å²) in [5.74, 6) is 2.07. The third kappa shape index (κ3) is 3.25. The highest BCUT2D eigenvalue weighted by Crippen LogP contribution is 2.72. The van der Waals surface area contributed by atoms with E-state index < -0.39 is 0 Å². The van der Waals surface area contributed by atoms with Crippen molar-refractivity contribution in [2.45, 2.75) is 130 Å². The smallest absolute Gasteiger partial charge is 0.0350 e. The van der Waals surface area contributed by atoms with Crippen LogP contribution in [0, 0.1) is 44.8 Å². The van der Waals surface area contributed by atoms with Gasteiger partial charge in [0.05, 0.1) is 0 Å². The predicted octanol–water partition coefficient (Wildman–Crippen LogP) is 9.12. The molecule has 0 aliphatic heterocycles. The monoisotopic (exact) mass is 423 g/mol. The van der Waals surface area contributed by atoms with Gasteiger partial charge in [-0.2, -0.15) is 0 Å². The summed E-state index contributed by atoms with van der Waals surface area (Å²) in [7, 11) is 0. The van der Waals surface area contributed by atoms with Gasteiger partial charge in [0, 0.05) is 11.6 Å². The van der Waals surface area contributed by atoms with E-state index in [0.29, 0.717) is 27.6 Å². The molecule has 0 bridgehead atoms. The Hall–Kier alpha value is -0.590. The number of unbranched alkanes of at least 4 members (excludes halogenated alkanes) is 1. The Morgan fingerprint density at radius 3 is 2.29 bits per heavy atom. The first-order valence-corrected chi connectivity index (χ1v) is 14.1. The Kier molecular flexibility index (Phi) is 5.54. The molecule has 0 radical (unpaired) electrons. The molecule has 174 valence electrons. The Morgan fingerprint density at radius 2 is 1.58 bits per heavy atom. The third-order valence-electron chi connectivity index (χ3n) is 12.1.